The van der Waals surface area contributed by atoms with Gasteiger partial charge in [-0.2, -0.15) is 0 Å². The number of benzene rings is 2. The molecular formula is C20H19F2NO2. The van der Waals surface area contributed by atoms with Crippen molar-refractivity contribution in [2.24, 2.45) is 0 Å². The second-order valence-electron chi connectivity index (χ2n) is 6.58. The summed E-state index contributed by atoms with van der Waals surface area (Å²) in [5.41, 5.74) is 2.87. The molecule has 3 aromatic rings. The van der Waals surface area contributed by atoms with Gasteiger partial charge in [-0.25, -0.2) is 8.78 Å². The van der Waals surface area contributed by atoms with Gasteiger partial charge in [0.2, 0.25) is 0 Å². The molecule has 1 aliphatic heterocycles. The highest BCUT2D eigenvalue weighted by molar-refractivity contribution is 5.89. The van der Waals surface area contributed by atoms with Gasteiger partial charge in [0.05, 0.1) is 5.52 Å². The predicted molar refractivity (Wildman–Crippen MR) is 92.4 cm³/mol. The van der Waals surface area contributed by atoms with Gasteiger partial charge in [0, 0.05) is 42.0 Å². The molecule has 1 aromatic heterocycles. The molecule has 5 heteroatoms. The van der Waals surface area contributed by atoms with E-state index < -0.39 is 5.82 Å². The van der Waals surface area contributed by atoms with E-state index in [1.807, 2.05) is 10.6 Å². The molecular weight excluding hydrogens is 324 g/mol. The van der Waals surface area contributed by atoms with E-state index in [9.17, 15) is 13.9 Å². The largest absolute Gasteiger partial charge is 0.507 e. The first kappa shape index (κ1) is 16.1. The molecule has 2 heterocycles. The van der Waals surface area contributed by atoms with Crippen LogP contribution in [0.15, 0.2) is 36.4 Å². The zero-order valence-corrected chi connectivity index (χ0v) is 13.9. The lowest BCUT2D eigenvalue weighted by Gasteiger charge is -2.24. The molecule has 0 radical (unpaired) electrons. The predicted octanol–water partition coefficient (Wildman–Crippen LogP) is 4.82. The average Bonchev–Trinajstić information content (AvgIpc) is 2.98. The average molecular weight is 343 g/mol. The smallest absolute Gasteiger partial charge is 0.129 e. The Morgan fingerprint density at radius 2 is 1.84 bits per heavy atom. The lowest BCUT2D eigenvalue weighted by atomic mass is 9.96. The Bertz CT molecular complexity index is 943. The van der Waals surface area contributed by atoms with Crippen molar-refractivity contribution < 1.29 is 18.6 Å². The molecule has 0 bridgehead atoms. The summed E-state index contributed by atoms with van der Waals surface area (Å²) in [7, 11) is 0. The number of hydrogen-bond acceptors (Lipinski definition) is 2. The van der Waals surface area contributed by atoms with Crippen molar-refractivity contribution >= 4 is 10.9 Å². The van der Waals surface area contributed by atoms with Gasteiger partial charge in [-0.05, 0) is 55.7 Å². The Morgan fingerprint density at radius 1 is 1.08 bits per heavy atom. The van der Waals surface area contributed by atoms with E-state index in [-0.39, 0.29) is 17.5 Å². The Morgan fingerprint density at radius 3 is 2.56 bits per heavy atom. The van der Waals surface area contributed by atoms with Crippen LogP contribution >= 0.6 is 0 Å². The van der Waals surface area contributed by atoms with Crippen LogP contribution in [-0.2, 0) is 4.74 Å². The molecule has 1 saturated heterocycles. The summed E-state index contributed by atoms with van der Waals surface area (Å²) in [4.78, 5) is 0. The Hall–Kier alpha value is -2.40. The van der Waals surface area contributed by atoms with Gasteiger partial charge in [-0.3, -0.25) is 0 Å². The summed E-state index contributed by atoms with van der Waals surface area (Å²) in [6.45, 7) is 3.06. The highest BCUT2D eigenvalue weighted by Crippen LogP contribution is 2.38. The van der Waals surface area contributed by atoms with Crippen LogP contribution in [0, 0.1) is 18.6 Å². The SMILES string of the molecule is Cc1cc(-n2c(C3CCOCC3)cc3c(O)cc(F)cc32)ccc1F. The summed E-state index contributed by atoms with van der Waals surface area (Å²) < 4.78 is 35.0. The van der Waals surface area contributed by atoms with Gasteiger partial charge >= 0.3 is 0 Å². The summed E-state index contributed by atoms with van der Waals surface area (Å²) in [5, 5.41) is 10.8. The molecule has 1 N–H and O–H groups in total. The fraction of sp³-hybridized carbons (Fsp3) is 0.300. The van der Waals surface area contributed by atoms with Crippen molar-refractivity contribution in [2.75, 3.05) is 13.2 Å². The quantitative estimate of drug-likeness (QED) is 0.724. The maximum absolute atomic E-state index is 13.9. The minimum absolute atomic E-state index is 0.0825. The number of phenolic OH excluding ortho intramolecular Hbond substituents is 1. The van der Waals surface area contributed by atoms with Gasteiger partial charge in [-0.15, -0.1) is 0 Å². The van der Waals surface area contributed by atoms with E-state index in [1.54, 1.807) is 19.1 Å². The number of ether oxygens (including phenoxy) is 1. The van der Waals surface area contributed by atoms with Crippen molar-refractivity contribution in [1.82, 2.24) is 4.57 Å². The molecule has 0 spiro atoms. The summed E-state index contributed by atoms with van der Waals surface area (Å²) >= 11 is 0. The Kier molecular flexibility index (Phi) is 3.96. The normalized spacial score (nSPS) is 15.8. The molecule has 0 saturated carbocycles. The molecule has 2 aromatic carbocycles. The molecule has 1 aliphatic rings. The first-order valence-corrected chi connectivity index (χ1v) is 8.42. The van der Waals surface area contributed by atoms with Gasteiger partial charge in [-0.1, -0.05) is 0 Å². The maximum Gasteiger partial charge on any atom is 0.129 e. The lowest BCUT2D eigenvalue weighted by molar-refractivity contribution is 0.0842. The zero-order chi connectivity index (χ0) is 17.6. The fourth-order valence-corrected chi connectivity index (χ4v) is 3.62. The summed E-state index contributed by atoms with van der Waals surface area (Å²) in [5.74, 6) is -0.613. The number of halogens is 2. The van der Waals surface area contributed by atoms with Crippen molar-refractivity contribution in [1.29, 1.82) is 0 Å². The molecule has 4 rings (SSSR count). The molecule has 0 atom stereocenters. The van der Waals surface area contributed by atoms with Gasteiger partial charge in [0.25, 0.3) is 0 Å². The number of aryl methyl sites for hydroxylation is 1. The number of aromatic hydroxyl groups is 1. The molecule has 0 unspecified atom stereocenters. The van der Waals surface area contributed by atoms with E-state index in [4.69, 9.17) is 4.74 Å². The topological polar surface area (TPSA) is 34.4 Å². The Labute approximate surface area is 144 Å². The van der Waals surface area contributed by atoms with E-state index >= 15 is 0 Å². The number of fused-ring (bicyclic) bond motifs is 1. The van der Waals surface area contributed by atoms with Crippen LogP contribution in [0.3, 0.4) is 0 Å². The van der Waals surface area contributed by atoms with Gasteiger partial charge in [0.1, 0.15) is 17.4 Å². The van der Waals surface area contributed by atoms with Gasteiger partial charge in [0.15, 0.2) is 0 Å². The second kappa shape index (κ2) is 6.15. The van der Waals surface area contributed by atoms with Crippen LogP contribution in [0.25, 0.3) is 16.6 Å². The zero-order valence-electron chi connectivity index (χ0n) is 13.9. The third-order valence-electron chi connectivity index (χ3n) is 4.93. The van der Waals surface area contributed by atoms with E-state index in [1.165, 1.54) is 12.1 Å². The van der Waals surface area contributed by atoms with Crippen molar-refractivity contribution in [2.45, 2.75) is 25.7 Å². The van der Waals surface area contributed by atoms with E-state index in [2.05, 4.69) is 0 Å². The minimum Gasteiger partial charge on any atom is -0.507 e. The molecule has 1 fully saturated rings. The number of rotatable bonds is 2. The third-order valence-corrected chi connectivity index (χ3v) is 4.93. The number of nitrogens with zero attached hydrogens (tertiary/aromatic N) is 1. The fourth-order valence-electron chi connectivity index (χ4n) is 3.62. The first-order valence-electron chi connectivity index (χ1n) is 8.42. The van der Waals surface area contributed by atoms with E-state index in [0.717, 1.165) is 30.3 Å². The number of aromatic nitrogens is 1. The van der Waals surface area contributed by atoms with Crippen LogP contribution in [0.2, 0.25) is 0 Å². The molecule has 3 nitrogen and oxygen atoms in total. The third kappa shape index (κ3) is 2.78. The van der Waals surface area contributed by atoms with Gasteiger partial charge < -0.3 is 14.4 Å². The highest BCUT2D eigenvalue weighted by atomic mass is 19.1. The van der Waals surface area contributed by atoms with Crippen LogP contribution < -0.4 is 0 Å². The van der Waals surface area contributed by atoms with Crippen LogP contribution in [-0.4, -0.2) is 22.9 Å². The second-order valence-corrected chi connectivity index (χ2v) is 6.58. The number of hydrogen-bond donors (Lipinski definition) is 1. The maximum atomic E-state index is 13.9. The van der Waals surface area contributed by atoms with Crippen LogP contribution in [0.5, 0.6) is 5.75 Å². The lowest BCUT2D eigenvalue weighted by Crippen LogP contribution is -2.16. The summed E-state index contributed by atoms with van der Waals surface area (Å²) in [6.07, 6.45) is 1.72. The van der Waals surface area contributed by atoms with E-state index in [0.29, 0.717) is 29.7 Å². The molecule has 130 valence electrons. The number of phenols is 1. The molecule has 0 amide bonds. The van der Waals surface area contributed by atoms with Crippen LogP contribution in [0.1, 0.15) is 30.0 Å². The Balaban J connectivity index is 1.99. The van der Waals surface area contributed by atoms with Crippen molar-refractivity contribution in [3.8, 4) is 11.4 Å². The van der Waals surface area contributed by atoms with Crippen LogP contribution in [0.4, 0.5) is 8.78 Å². The minimum atomic E-state index is -0.498. The van der Waals surface area contributed by atoms with Crippen molar-refractivity contribution in [3.05, 3.63) is 59.3 Å². The first-order chi connectivity index (χ1) is 12.0. The van der Waals surface area contributed by atoms with Crippen molar-refractivity contribution in [3.63, 3.8) is 0 Å². The molecule has 0 aliphatic carbocycles. The standard InChI is InChI=1S/C20H19F2NO2/c1-12-8-15(2-3-17(12)22)23-18(13-4-6-25-7-5-13)11-16-19(23)9-14(21)10-20(16)24/h2-3,8-11,13,24H,4-7H2,1H3. The monoisotopic (exact) mass is 343 g/mol. The summed E-state index contributed by atoms with van der Waals surface area (Å²) in [6, 6.07) is 9.31. The highest BCUT2D eigenvalue weighted by Gasteiger charge is 2.23. The molecule has 25 heavy (non-hydrogen) atoms.